The molecule has 3 aromatic rings. The smallest absolute Gasteiger partial charge is 0.228 e. The first kappa shape index (κ1) is 18.0. The molecule has 0 spiro atoms. The Morgan fingerprint density at radius 2 is 1.54 bits per heavy atom. The van der Waals surface area contributed by atoms with Gasteiger partial charge in [0, 0.05) is 13.0 Å². The van der Waals surface area contributed by atoms with Gasteiger partial charge in [0.1, 0.15) is 0 Å². The molecular formula is C24H22N2O2. The summed E-state index contributed by atoms with van der Waals surface area (Å²) in [5.74, 6) is 0.0183. The summed E-state index contributed by atoms with van der Waals surface area (Å²) < 4.78 is 0. The van der Waals surface area contributed by atoms with Crippen LogP contribution in [0.15, 0.2) is 78.9 Å². The van der Waals surface area contributed by atoms with Crippen molar-refractivity contribution >= 4 is 23.2 Å². The van der Waals surface area contributed by atoms with Gasteiger partial charge in [-0.3, -0.25) is 9.59 Å². The summed E-state index contributed by atoms with van der Waals surface area (Å²) in [7, 11) is 0. The largest absolute Gasteiger partial charge is 0.324 e. The maximum absolute atomic E-state index is 12.6. The molecule has 1 N–H and O–H groups in total. The Morgan fingerprint density at radius 1 is 0.857 bits per heavy atom. The summed E-state index contributed by atoms with van der Waals surface area (Å²) in [6.45, 7) is 0.701. The first-order valence-electron chi connectivity index (χ1n) is 9.54. The zero-order chi connectivity index (χ0) is 19.3. The van der Waals surface area contributed by atoms with Crippen LogP contribution in [0.3, 0.4) is 0 Å². The number of amides is 2. The highest BCUT2D eigenvalue weighted by molar-refractivity contribution is 6.02. The second kappa shape index (κ2) is 8.09. The molecule has 3 aromatic carbocycles. The lowest BCUT2D eigenvalue weighted by molar-refractivity contribution is -0.117. The fourth-order valence-corrected chi connectivity index (χ4v) is 3.54. The van der Waals surface area contributed by atoms with E-state index in [1.54, 1.807) is 4.90 Å². The Morgan fingerprint density at radius 3 is 2.25 bits per heavy atom. The van der Waals surface area contributed by atoms with Crippen LogP contribution in [-0.4, -0.2) is 18.4 Å². The van der Waals surface area contributed by atoms with Crippen molar-refractivity contribution in [3.8, 4) is 11.1 Å². The highest BCUT2D eigenvalue weighted by Crippen LogP contribution is 2.29. The first-order chi connectivity index (χ1) is 13.7. The van der Waals surface area contributed by atoms with Crippen LogP contribution >= 0.6 is 0 Å². The van der Waals surface area contributed by atoms with Crippen molar-refractivity contribution in [2.24, 2.45) is 0 Å². The predicted octanol–water partition coefficient (Wildman–Crippen LogP) is 4.66. The number of para-hydroxylation sites is 2. The number of hydrogen-bond donors (Lipinski definition) is 1. The van der Waals surface area contributed by atoms with Crippen molar-refractivity contribution in [1.29, 1.82) is 0 Å². The predicted molar refractivity (Wildman–Crippen MR) is 112 cm³/mol. The summed E-state index contributed by atoms with van der Waals surface area (Å²) in [6, 6.07) is 25.7. The highest BCUT2D eigenvalue weighted by Gasteiger charge is 2.24. The Bertz CT molecular complexity index is 981. The molecule has 1 fully saturated rings. The van der Waals surface area contributed by atoms with Crippen LogP contribution in [0.25, 0.3) is 11.1 Å². The van der Waals surface area contributed by atoms with Crippen LogP contribution in [0.2, 0.25) is 0 Å². The van der Waals surface area contributed by atoms with Crippen LogP contribution in [-0.2, 0) is 16.0 Å². The third-order valence-electron chi connectivity index (χ3n) is 4.97. The van der Waals surface area contributed by atoms with Gasteiger partial charge in [0.25, 0.3) is 0 Å². The monoisotopic (exact) mass is 370 g/mol. The molecule has 0 saturated carbocycles. The van der Waals surface area contributed by atoms with Crippen molar-refractivity contribution in [2.75, 3.05) is 16.8 Å². The topological polar surface area (TPSA) is 49.4 Å². The molecule has 0 aliphatic carbocycles. The van der Waals surface area contributed by atoms with Gasteiger partial charge < -0.3 is 10.2 Å². The lowest BCUT2D eigenvalue weighted by Gasteiger charge is -2.20. The van der Waals surface area contributed by atoms with E-state index in [2.05, 4.69) is 17.4 Å². The first-order valence-corrected chi connectivity index (χ1v) is 9.54. The van der Waals surface area contributed by atoms with Gasteiger partial charge in [-0.05, 0) is 35.2 Å². The van der Waals surface area contributed by atoms with Crippen LogP contribution < -0.4 is 10.2 Å². The molecule has 1 aliphatic heterocycles. The molecule has 0 unspecified atom stereocenters. The van der Waals surface area contributed by atoms with Gasteiger partial charge in [-0.2, -0.15) is 0 Å². The van der Waals surface area contributed by atoms with Crippen LogP contribution in [0.4, 0.5) is 11.4 Å². The molecule has 140 valence electrons. The number of anilines is 2. The summed E-state index contributed by atoms with van der Waals surface area (Å²) in [5.41, 5.74) is 4.69. The van der Waals surface area contributed by atoms with E-state index in [1.807, 2.05) is 66.7 Å². The third kappa shape index (κ3) is 3.96. The molecule has 4 nitrogen and oxygen atoms in total. The van der Waals surface area contributed by atoms with Crippen molar-refractivity contribution in [1.82, 2.24) is 0 Å². The van der Waals surface area contributed by atoms with Crippen LogP contribution in [0.1, 0.15) is 18.4 Å². The van der Waals surface area contributed by atoms with Crippen molar-refractivity contribution in [2.45, 2.75) is 19.3 Å². The van der Waals surface area contributed by atoms with E-state index >= 15 is 0 Å². The average molecular weight is 370 g/mol. The van der Waals surface area contributed by atoms with E-state index in [4.69, 9.17) is 0 Å². The normalized spacial score (nSPS) is 13.6. The standard InChI is InChI=1S/C24H22N2O2/c27-23(17-18-12-14-20(15-13-18)19-7-2-1-3-8-19)25-21-9-4-5-10-22(21)26-16-6-11-24(26)28/h1-5,7-10,12-15H,6,11,16-17H2,(H,25,27). The zero-order valence-electron chi connectivity index (χ0n) is 15.6. The van der Waals surface area contributed by atoms with E-state index in [0.717, 1.165) is 28.8 Å². The van der Waals surface area contributed by atoms with Gasteiger partial charge in [-0.15, -0.1) is 0 Å². The number of nitrogens with one attached hydrogen (secondary N) is 1. The SMILES string of the molecule is O=C(Cc1ccc(-c2ccccc2)cc1)Nc1ccccc1N1CCCC1=O. The summed E-state index contributed by atoms with van der Waals surface area (Å²) in [4.78, 5) is 26.4. The molecule has 4 heteroatoms. The Balaban J connectivity index is 1.45. The Labute approximate surface area is 164 Å². The van der Waals surface area contributed by atoms with Gasteiger partial charge in [0.15, 0.2) is 0 Å². The quantitative estimate of drug-likeness (QED) is 0.710. The number of carbonyl (C=O) groups is 2. The van der Waals surface area contributed by atoms with Gasteiger partial charge >= 0.3 is 0 Å². The number of rotatable bonds is 5. The molecule has 2 amide bonds. The van der Waals surface area contributed by atoms with Gasteiger partial charge in [-0.25, -0.2) is 0 Å². The van der Waals surface area contributed by atoms with Crippen LogP contribution in [0, 0.1) is 0 Å². The molecule has 28 heavy (non-hydrogen) atoms. The second-order valence-electron chi connectivity index (χ2n) is 6.95. The molecular weight excluding hydrogens is 348 g/mol. The van der Waals surface area contributed by atoms with Crippen molar-refractivity contribution in [3.05, 3.63) is 84.4 Å². The molecule has 0 bridgehead atoms. The number of hydrogen-bond acceptors (Lipinski definition) is 2. The van der Waals surface area contributed by atoms with E-state index < -0.39 is 0 Å². The summed E-state index contributed by atoms with van der Waals surface area (Å²) >= 11 is 0. The molecule has 4 rings (SSSR count). The Hall–Kier alpha value is -3.40. The number of carbonyl (C=O) groups excluding carboxylic acids is 2. The fourth-order valence-electron chi connectivity index (χ4n) is 3.54. The molecule has 1 saturated heterocycles. The highest BCUT2D eigenvalue weighted by atomic mass is 16.2. The summed E-state index contributed by atoms with van der Waals surface area (Å²) in [6.07, 6.45) is 1.71. The lowest BCUT2D eigenvalue weighted by atomic mass is 10.0. The van der Waals surface area contributed by atoms with Gasteiger partial charge in [0.05, 0.1) is 17.8 Å². The lowest BCUT2D eigenvalue weighted by Crippen LogP contribution is -2.25. The molecule has 0 atom stereocenters. The fraction of sp³-hybridized carbons (Fsp3) is 0.167. The number of benzene rings is 3. The van der Waals surface area contributed by atoms with E-state index in [1.165, 1.54) is 0 Å². The van der Waals surface area contributed by atoms with E-state index in [-0.39, 0.29) is 18.2 Å². The maximum Gasteiger partial charge on any atom is 0.228 e. The molecule has 1 aliphatic rings. The van der Waals surface area contributed by atoms with Gasteiger partial charge in [-0.1, -0.05) is 66.7 Å². The minimum Gasteiger partial charge on any atom is -0.324 e. The zero-order valence-corrected chi connectivity index (χ0v) is 15.6. The molecule has 0 aromatic heterocycles. The van der Waals surface area contributed by atoms with E-state index in [0.29, 0.717) is 18.7 Å². The average Bonchev–Trinajstić information content (AvgIpc) is 3.15. The maximum atomic E-state index is 12.6. The van der Waals surface area contributed by atoms with Gasteiger partial charge in [0.2, 0.25) is 11.8 Å². The van der Waals surface area contributed by atoms with Crippen molar-refractivity contribution in [3.63, 3.8) is 0 Å². The summed E-state index contributed by atoms with van der Waals surface area (Å²) in [5, 5.41) is 2.97. The Kier molecular flexibility index (Phi) is 5.20. The van der Waals surface area contributed by atoms with E-state index in [9.17, 15) is 9.59 Å². The minimum absolute atomic E-state index is 0.0912. The molecule has 1 heterocycles. The second-order valence-corrected chi connectivity index (χ2v) is 6.95. The number of nitrogens with zero attached hydrogens (tertiary/aromatic N) is 1. The van der Waals surface area contributed by atoms with Crippen molar-refractivity contribution < 1.29 is 9.59 Å². The third-order valence-corrected chi connectivity index (χ3v) is 4.97. The molecule has 0 radical (unpaired) electrons. The van der Waals surface area contributed by atoms with Crippen LogP contribution in [0.5, 0.6) is 0 Å². The minimum atomic E-state index is -0.0912.